The Morgan fingerprint density at radius 2 is 1.72 bits per heavy atom. The highest BCUT2D eigenvalue weighted by atomic mass is 32.1. The van der Waals surface area contributed by atoms with Gasteiger partial charge < -0.3 is 10.2 Å². The summed E-state index contributed by atoms with van der Waals surface area (Å²) in [5, 5.41) is 3.00. The van der Waals surface area contributed by atoms with Gasteiger partial charge >= 0.3 is 0 Å². The van der Waals surface area contributed by atoms with Gasteiger partial charge in [0, 0.05) is 41.4 Å². The van der Waals surface area contributed by atoms with Crippen molar-refractivity contribution in [3.63, 3.8) is 0 Å². The van der Waals surface area contributed by atoms with Crippen molar-refractivity contribution in [3.05, 3.63) is 89.1 Å². The summed E-state index contributed by atoms with van der Waals surface area (Å²) in [6.45, 7) is 1.69. The van der Waals surface area contributed by atoms with Crippen molar-refractivity contribution in [3.8, 4) is 10.4 Å². The number of halogens is 1. The second-order valence-corrected chi connectivity index (χ2v) is 8.96. The zero-order valence-corrected chi connectivity index (χ0v) is 18.5. The van der Waals surface area contributed by atoms with E-state index < -0.39 is 0 Å². The van der Waals surface area contributed by atoms with Crippen molar-refractivity contribution < 1.29 is 14.0 Å². The number of nitrogens with one attached hydrogen (secondary N) is 1. The molecule has 0 aliphatic carbocycles. The van der Waals surface area contributed by atoms with E-state index in [9.17, 15) is 14.0 Å². The fraction of sp³-hybridized carbons (Fsp3) is 0.231. The summed E-state index contributed by atoms with van der Waals surface area (Å²) >= 11 is 1.56. The highest BCUT2D eigenvalue weighted by Gasteiger charge is 2.26. The van der Waals surface area contributed by atoms with E-state index in [2.05, 4.69) is 5.32 Å². The van der Waals surface area contributed by atoms with Crippen LogP contribution in [0, 0.1) is 11.7 Å². The van der Waals surface area contributed by atoms with Crippen molar-refractivity contribution >= 4 is 29.2 Å². The highest BCUT2D eigenvalue weighted by molar-refractivity contribution is 7.16. The molecule has 0 radical (unpaired) electrons. The average molecular weight is 449 g/mol. The maximum atomic E-state index is 13.1. The molecule has 4 rings (SSSR count). The molecule has 0 bridgehead atoms. The first kappa shape index (κ1) is 22.0. The van der Waals surface area contributed by atoms with E-state index in [0.717, 1.165) is 20.9 Å². The zero-order chi connectivity index (χ0) is 22.3. The number of piperidine rings is 1. The van der Waals surface area contributed by atoms with E-state index in [-0.39, 0.29) is 23.5 Å². The third-order valence-electron chi connectivity index (χ3n) is 5.63. The summed E-state index contributed by atoms with van der Waals surface area (Å²) in [4.78, 5) is 28.8. The molecule has 6 heteroatoms. The summed E-state index contributed by atoms with van der Waals surface area (Å²) in [5.41, 5.74) is 2.03. The molecule has 1 aliphatic heterocycles. The molecule has 1 saturated heterocycles. The van der Waals surface area contributed by atoms with Gasteiger partial charge in [-0.05, 0) is 54.3 Å². The Hall–Kier alpha value is -3.25. The second-order valence-electron chi connectivity index (χ2n) is 7.85. The Morgan fingerprint density at radius 3 is 2.44 bits per heavy atom. The molecule has 1 fully saturated rings. The fourth-order valence-electron chi connectivity index (χ4n) is 3.76. The van der Waals surface area contributed by atoms with Crippen molar-refractivity contribution in [2.45, 2.75) is 19.4 Å². The molecule has 2 aromatic carbocycles. The number of nitrogens with zero attached hydrogens (tertiary/aromatic N) is 1. The molecule has 0 unspecified atom stereocenters. The maximum Gasteiger partial charge on any atom is 0.246 e. The van der Waals surface area contributed by atoms with Crippen LogP contribution in [0.5, 0.6) is 0 Å². The Morgan fingerprint density at radius 1 is 1.00 bits per heavy atom. The van der Waals surface area contributed by atoms with Crippen LogP contribution in [0.2, 0.25) is 0 Å². The minimum Gasteiger partial charge on any atom is -0.352 e. The quantitative estimate of drug-likeness (QED) is 0.532. The van der Waals surface area contributed by atoms with E-state index in [1.54, 1.807) is 34.4 Å². The molecule has 4 nitrogen and oxygen atoms in total. The molecule has 1 N–H and O–H groups in total. The molecular formula is C26H25FN2O2S. The molecule has 2 amide bonds. The van der Waals surface area contributed by atoms with E-state index in [0.29, 0.717) is 32.5 Å². The van der Waals surface area contributed by atoms with Crippen molar-refractivity contribution in [1.29, 1.82) is 0 Å². The molecule has 1 aromatic heterocycles. The molecule has 0 spiro atoms. The van der Waals surface area contributed by atoms with Crippen LogP contribution in [0.4, 0.5) is 4.39 Å². The molecule has 2 heterocycles. The number of hydrogen-bond acceptors (Lipinski definition) is 3. The number of likely N-dealkylation sites (tertiary alicyclic amines) is 1. The normalized spacial score (nSPS) is 14.6. The summed E-state index contributed by atoms with van der Waals surface area (Å²) in [7, 11) is 0. The van der Waals surface area contributed by atoms with Crippen LogP contribution >= 0.6 is 11.3 Å². The average Bonchev–Trinajstić information content (AvgIpc) is 3.31. The molecule has 0 saturated carbocycles. The van der Waals surface area contributed by atoms with Gasteiger partial charge in [0.2, 0.25) is 11.8 Å². The summed E-state index contributed by atoms with van der Waals surface area (Å²) < 4.78 is 13.1. The van der Waals surface area contributed by atoms with Gasteiger partial charge in [-0.1, -0.05) is 42.5 Å². The van der Waals surface area contributed by atoms with Crippen LogP contribution < -0.4 is 5.32 Å². The van der Waals surface area contributed by atoms with Gasteiger partial charge in [-0.15, -0.1) is 11.3 Å². The fourth-order valence-corrected chi connectivity index (χ4v) is 4.68. The van der Waals surface area contributed by atoms with Gasteiger partial charge in [0.15, 0.2) is 0 Å². The number of rotatable bonds is 6. The molecule has 32 heavy (non-hydrogen) atoms. The molecule has 1 aliphatic rings. The van der Waals surface area contributed by atoms with Crippen molar-refractivity contribution in [2.24, 2.45) is 5.92 Å². The number of carbonyl (C=O) groups excluding carboxylic acids is 2. The van der Waals surface area contributed by atoms with E-state index in [1.165, 1.54) is 12.1 Å². The first-order valence-corrected chi connectivity index (χ1v) is 11.5. The summed E-state index contributed by atoms with van der Waals surface area (Å²) in [6.07, 6.45) is 4.76. The van der Waals surface area contributed by atoms with Crippen LogP contribution in [-0.2, 0) is 16.1 Å². The van der Waals surface area contributed by atoms with Crippen LogP contribution in [0.15, 0.2) is 72.8 Å². The van der Waals surface area contributed by atoms with Gasteiger partial charge in [-0.2, -0.15) is 0 Å². The van der Waals surface area contributed by atoms with Crippen molar-refractivity contribution in [2.75, 3.05) is 13.1 Å². The largest absolute Gasteiger partial charge is 0.352 e. The van der Waals surface area contributed by atoms with Crippen molar-refractivity contribution in [1.82, 2.24) is 10.2 Å². The lowest BCUT2D eigenvalue weighted by atomic mass is 9.95. The molecule has 164 valence electrons. The van der Waals surface area contributed by atoms with Gasteiger partial charge in [-0.3, -0.25) is 9.59 Å². The summed E-state index contributed by atoms with van der Waals surface area (Å²) in [6, 6.07) is 20.2. The van der Waals surface area contributed by atoms with Crippen LogP contribution in [-0.4, -0.2) is 29.8 Å². The predicted octanol–water partition coefficient (Wildman–Crippen LogP) is 5.12. The standard InChI is InChI=1S/C26H25FN2O2S/c27-22-8-6-20(7-9-22)24-12-10-23(32-24)11-13-25(30)29-16-14-21(15-17-29)26(31)28-18-19-4-2-1-3-5-19/h1-13,21H,14-18H2,(H,28,31)/b13-11+. The zero-order valence-electron chi connectivity index (χ0n) is 17.7. The number of thiophene rings is 1. The Labute approximate surface area is 191 Å². The van der Waals surface area contributed by atoms with Gasteiger partial charge in [0.05, 0.1) is 0 Å². The Bertz CT molecular complexity index is 1080. The van der Waals surface area contributed by atoms with Gasteiger partial charge in [-0.25, -0.2) is 4.39 Å². The van der Waals surface area contributed by atoms with E-state index >= 15 is 0 Å². The monoisotopic (exact) mass is 448 g/mol. The number of carbonyl (C=O) groups is 2. The lowest BCUT2D eigenvalue weighted by molar-refractivity contribution is -0.132. The second kappa shape index (κ2) is 10.4. The predicted molar refractivity (Wildman–Crippen MR) is 126 cm³/mol. The lowest BCUT2D eigenvalue weighted by Gasteiger charge is -2.30. The van der Waals surface area contributed by atoms with Gasteiger partial charge in [0.1, 0.15) is 5.82 Å². The molecule has 0 atom stereocenters. The Kier molecular flexibility index (Phi) is 7.12. The van der Waals surface area contributed by atoms with Crippen LogP contribution in [0.25, 0.3) is 16.5 Å². The third kappa shape index (κ3) is 5.71. The minimum absolute atomic E-state index is 0.0372. The molecular weight excluding hydrogens is 423 g/mol. The number of benzene rings is 2. The lowest BCUT2D eigenvalue weighted by Crippen LogP contribution is -2.42. The van der Waals surface area contributed by atoms with Crippen LogP contribution in [0.3, 0.4) is 0 Å². The van der Waals surface area contributed by atoms with E-state index in [4.69, 9.17) is 0 Å². The van der Waals surface area contributed by atoms with Gasteiger partial charge in [0.25, 0.3) is 0 Å². The first-order chi connectivity index (χ1) is 15.6. The molecule has 3 aromatic rings. The summed E-state index contributed by atoms with van der Waals surface area (Å²) in [5.74, 6) is -0.288. The first-order valence-electron chi connectivity index (χ1n) is 10.7. The van der Waals surface area contributed by atoms with E-state index in [1.807, 2.05) is 48.5 Å². The minimum atomic E-state index is -0.256. The number of hydrogen-bond donors (Lipinski definition) is 1. The SMILES string of the molecule is O=C(NCc1ccccc1)C1CCN(C(=O)/C=C/c2ccc(-c3ccc(F)cc3)s2)CC1. The maximum absolute atomic E-state index is 13.1. The van der Waals surface area contributed by atoms with Crippen LogP contribution in [0.1, 0.15) is 23.3 Å². The third-order valence-corrected chi connectivity index (χ3v) is 6.73. The number of amides is 2. The Balaban J connectivity index is 1.25. The smallest absolute Gasteiger partial charge is 0.246 e. The topological polar surface area (TPSA) is 49.4 Å². The highest BCUT2D eigenvalue weighted by Crippen LogP contribution is 2.29.